The predicted molar refractivity (Wildman–Crippen MR) is 196 cm³/mol. The Morgan fingerprint density at radius 1 is 1.09 bits per heavy atom. The maximum Gasteiger partial charge on any atom is 0.481 e. The zero-order valence-corrected chi connectivity index (χ0v) is 33.8. The van der Waals surface area contributed by atoms with Crippen LogP contribution in [0, 0.1) is 5.41 Å². The van der Waals surface area contributed by atoms with Gasteiger partial charge in [0.05, 0.1) is 19.5 Å². The number of aliphatic hydroxyl groups is 2. The number of imidazole rings is 1. The van der Waals surface area contributed by atoms with Gasteiger partial charge >= 0.3 is 23.5 Å². The molecule has 1 fully saturated rings. The lowest BCUT2D eigenvalue weighted by Gasteiger charge is -2.30. The first kappa shape index (κ1) is 47.7. The average Bonchev–Trinajstić information content (AvgIpc) is 3.66. The van der Waals surface area contributed by atoms with Crippen molar-refractivity contribution in [1.29, 1.82) is 0 Å². The van der Waals surface area contributed by atoms with Gasteiger partial charge in [-0.15, -0.1) is 0 Å². The lowest BCUT2D eigenvalue weighted by Crippen LogP contribution is -2.46. The second kappa shape index (κ2) is 20.8. The van der Waals surface area contributed by atoms with E-state index < -0.39 is 84.6 Å². The van der Waals surface area contributed by atoms with Gasteiger partial charge in [-0.25, -0.2) is 28.6 Å². The Labute approximate surface area is 324 Å². The van der Waals surface area contributed by atoms with Crippen LogP contribution in [0.2, 0.25) is 0 Å². The molecule has 0 bridgehead atoms. The van der Waals surface area contributed by atoms with Crippen LogP contribution in [0.3, 0.4) is 0 Å². The number of unbranched alkanes of at least 4 members (excludes halogenated alkanes) is 2. The van der Waals surface area contributed by atoms with Crippen LogP contribution < -0.4 is 16.4 Å². The highest BCUT2D eigenvalue weighted by Crippen LogP contribution is 2.61. The Hall–Kier alpha value is -2.70. The van der Waals surface area contributed by atoms with Gasteiger partial charge in [0.25, 0.3) is 0 Å². The van der Waals surface area contributed by atoms with E-state index in [1.807, 2.05) is 6.92 Å². The number of aliphatic hydroxyl groups excluding tert-OH is 2. The van der Waals surface area contributed by atoms with E-state index in [1.165, 1.54) is 19.9 Å². The minimum atomic E-state index is -5.57. The molecule has 0 radical (unpaired) electrons. The van der Waals surface area contributed by atoms with Gasteiger partial charge in [0.1, 0.15) is 36.3 Å². The number of carbonyl (C=O) groups excluding carboxylic acids is 3. The number of nitrogens with zero attached hydrogens (tertiary/aromatic N) is 4. The fourth-order valence-corrected chi connectivity index (χ4v) is 8.26. The number of nitrogen functional groups attached to an aromatic ring is 1. The number of rotatable bonds is 23. The van der Waals surface area contributed by atoms with Gasteiger partial charge in [0.2, 0.25) is 16.9 Å². The first-order valence-corrected chi connectivity index (χ1v) is 22.3. The Bertz CT molecular complexity index is 1850. The Balaban J connectivity index is 1.48. The number of hydrogen-bond donors (Lipinski definition) is 9. The first-order valence-electron chi connectivity index (χ1n) is 16.8. The molecule has 316 valence electrons. The number of fused-ring (bicyclic) bond motifs is 1. The number of aromatic nitrogens is 4. The number of anilines is 1. The van der Waals surface area contributed by atoms with Crippen molar-refractivity contribution in [3.05, 3.63) is 24.8 Å². The molecule has 3 rings (SSSR count). The van der Waals surface area contributed by atoms with Crippen LogP contribution >= 0.6 is 35.2 Å². The number of nitrogens with two attached hydrogens (primary N) is 1. The molecule has 28 heteroatoms. The van der Waals surface area contributed by atoms with Crippen molar-refractivity contribution in [2.75, 3.05) is 37.8 Å². The van der Waals surface area contributed by atoms with Crippen LogP contribution in [0.5, 0.6) is 0 Å². The van der Waals surface area contributed by atoms with Gasteiger partial charge in [0, 0.05) is 30.7 Å². The summed E-state index contributed by atoms with van der Waals surface area (Å²) >= 11 is 1.04. The molecule has 1 aliphatic heterocycles. The molecule has 0 spiro atoms. The molecule has 0 aliphatic carbocycles. The molecular formula is C28H46N7O17P3S. The molecule has 3 heterocycles. The summed E-state index contributed by atoms with van der Waals surface area (Å²) in [5.41, 5.74) is 4.26. The van der Waals surface area contributed by atoms with Gasteiger partial charge in [-0.3, -0.25) is 32.5 Å². The molecule has 2 aromatic rings. The topological polar surface area (TPSA) is 364 Å². The fraction of sp³-hybridized carbons (Fsp3) is 0.643. The van der Waals surface area contributed by atoms with Crippen molar-refractivity contribution in [3.63, 3.8) is 0 Å². The maximum absolute atomic E-state index is 12.7. The lowest BCUT2D eigenvalue weighted by atomic mass is 9.87. The van der Waals surface area contributed by atoms with Crippen LogP contribution in [-0.4, -0.2) is 123 Å². The Morgan fingerprint density at radius 2 is 1.79 bits per heavy atom. The summed E-state index contributed by atoms with van der Waals surface area (Å²) in [4.78, 5) is 87.3. The molecule has 2 unspecified atom stereocenters. The molecule has 2 aromatic heterocycles. The number of allylic oxidation sites excluding steroid dienone is 1. The van der Waals surface area contributed by atoms with Gasteiger partial charge in [-0.05, 0) is 12.5 Å². The number of hydrogen-bond acceptors (Lipinski definition) is 18. The Morgan fingerprint density at radius 3 is 2.46 bits per heavy atom. The summed E-state index contributed by atoms with van der Waals surface area (Å²) in [7, 11) is -16.4. The third-order valence-corrected chi connectivity index (χ3v) is 11.7. The molecule has 56 heavy (non-hydrogen) atoms. The van der Waals surface area contributed by atoms with Gasteiger partial charge in [-0.2, -0.15) is 4.31 Å². The van der Waals surface area contributed by atoms with E-state index in [1.54, 1.807) is 6.08 Å². The molecule has 7 atom stereocenters. The van der Waals surface area contributed by atoms with E-state index in [4.69, 9.17) is 19.5 Å². The quantitative estimate of drug-likeness (QED) is 0.0415. The van der Waals surface area contributed by atoms with E-state index in [2.05, 4.69) is 34.4 Å². The van der Waals surface area contributed by atoms with Crippen molar-refractivity contribution in [1.82, 2.24) is 30.2 Å². The van der Waals surface area contributed by atoms with Gasteiger partial charge in [0.15, 0.2) is 17.7 Å². The van der Waals surface area contributed by atoms with Gasteiger partial charge in [-0.1, -0.05) is 51.5 Å². The highest BCUT2D eigenvalue weighted by molar-refractivity contribution is 8.14. The number of phosphoric ester groups is 3. The molecular weight excluding hydrogens is 831 g/mol. The van der Waals surface area contributed by atoms with E-state index in [-0.39, 0.29) is 41.6 Å². The summed E-state index contributed by atoms with van der Waals surface area (Å²) in [6.07, 6.45) is -0.810. The largest absolute Gasteiger partial charge is 0.481 e. The van der Waals surface area contributed by atoms with Crippen molar-refractivity contribution >= 4 is 69.1 Å². The number of nitrogens with one attached hydrogen (secondary N) is 2. The third kappa shape index (κ3) is 14.9. The molecule has 1 saturated heterocycles. The van der Waals surface area contributed by atoms with E-state index in [9.17, 15) is 57.9 Å². The first-order chi connectivity index (χ1) is 26.1. The highest BCUT2D eigenvalue weighted by atomic mass is 32.2. The van der Waals surface area contributed by atoms with Crippen molar-refractivity contribution in [2.24, 2.45) is 5.41 Å². The van der Waals surface area contributed by atoms with Crippen LogP contribution in [0.4, 0.5) is 5.82 Å². The molecule has 10 N–H and O–H groups in total. The summed E-state index contributed by atoms with van der Waals surface area (Å²) < 4.78 is 62.1. The monoisotopic (exact) mass is 877 g/mol. The fourth-order valence-electron chi connectivity index (χ4n) is 4.83. The molecule has 24 nitrogen and oxygen atoms in total. The smallest absolute Gasteiger partial charge is 0.386 e. The number of amides is 2. The van der Waals surface area contributed by atoms with Crippen molar-refractivity contribution in [3.8, 4) is 0 Å². The molecule has 0 saturated carbocycles. The molecule has 2 amide bonds. The third-order valence-electron chi connectivity index (χ3n) is 7.72. The summed E-state index contributed by atoms with van der Waals surface area (Å²) in [5, 5.41) is 26.2. The minimum absolute atomic E-state index is 0.0308. The number of carbonyl (C=O) groups is 3. The molecule has 0 aromatic carbocycles. The second-order valence-corrected chi connectivity index (χ2v) is 18.1. The highest BCUT2D eigenvalue weighted by Gasteiger charge is 2.50. The standard InChI is InChI=1S/C28H46N7O17P3S/c1-4-5-6-7-8-19(37)56-12-11-30-18(36)9-10-31-26(40)23(39)28(2,3)14-49-55(46,47)52-54(44,45)48-13-17-22(51-53(41,42)43)21(38)27(50-17)35-16-34-20-24(29)32-15-33-25(20)35/h7-8,15-17,21-23,27,38-39H,4-6,9-14H2,1-3H3,(H,30,36)(H,31,40)(H,44,45)(H,46,47)(H2,29,32,33)(H2,41,42,43)/b8-7+/t17-,21-,22-,23+,27-/m1/s1. The molecule has 1 aliphatic rings. The Kier molecular flexibility index (Phi) is 17.7. The average molecular weight is 878 g/mol. The number of ether oxygens (including phenoxy) is 1. The predicted octanol–water partition coefficient (Wildman–Crippen LogP) is 0.411. The van der Waals surface area contributed by atoms with Crippen molar-refractivity contribution in [2.45, 2.75) is 77.1 Å². The van der Waals surface area contributed by atoms with E-state index in [0.717, 1.165) is 48.2 Å². The minimum Gasteiger partial charge on any atom is -0.386 e. The van der Waals surface area contributed by atoms with Crippen LogP contribution in [0.1, 0.15) is 52.7 Å². The summed E-state index contributed by atoms with van der Waals surface area (Å²) in [6.45, 7) is 2.54. The number of thioether (sulfide) groups is 1. The van der Waals surface area contributed by atoms with Crippen LogP contribution in [0.15, 0.2) is 24.8 Å². The normalized spacial score (nSPS) is 21.8. The van der Waals surface area contributed by atoms with Gasteiger partial charge < -0.3 is 50.9 Å². The van der Waals surface area contributed by atoms with E-state index >= 15 is 0 Å². The van der Waals surface area contributed by atoms with Crippen molar-refractivity contribution < 1.29 is 80.5 Å². The van der Waals surface area contributed by atoms with Crippen LogP contribution in [-0.2, 0) is 50.7 Å². The number of phosphoric acid groups is 3. The maximum atomic E-state index is 12.7. The van der Waals surface area contributed by atoms with E-state index in [0.29, 0.717) is 5.75 Å². The summed E-state index contributed by atoms with van der Waals surface area (Å²) in [5.74, 6) is -1.11. The zero-order chi connectivity index (χ0) is 41.9. The zero-order valence-electron chi connectivity index (χ0n) is 30.4. The summed E-state index contributed by atoms with van der Waals surface area (Å²) in [6, 6.07) is 0. The SMILES string of the molecule is CCCC/C=C/C(=O)SCCNC(=O)CCNC(=O)[C@H](O)C(C)(C)COP(=O)(O)OP(=O)(O)OC[C@H]1O[C@@H](n2cnc3c(N)ncnc32)[C@H](O)[C@@H]1OP(=O)(O)O. The lowest BCUT2D eigenvalue weighted by molar-refractivity contribution is -0.137. The van der Waals surface area contributed by atoms with Crippen LogP contribution in [0.25, 0.3) is 11.2 Å². The second-order valence-electron chi connectivity index (χ2n) is 12.8.